The second-order valence-corrected chi connectivity index (χ2v) is 7.39. The largest absolute Gasteiger partial charge is 0.497 e. The first-order valence-corrected chi connectivity index (χ1v) is 9.23. The highest BCUT2D eigenvalue weighted by atomic mass is 31.1. The Labute approximate surface area is 149 Å². The van der Waals surface area contributed by atoms with Crippen LogP contribution in [0.5, 0.6) is 11.5 Å². The number of hydrogen-bond donors (Lipinski definition) is 0. The highest BCUT2D eigenvalue weighted by Crippen LogP contribution is 2.39. The van der Waals surface area contributed by atoms with Gasteiger partial charge in [0, 0.05) is 14.1 Å². The highest BCUT2D eigenvalue weighted by Gasteiger charge is 2.26. The molecule has 0 fully saturated rings. The summed E-state index contributed by atoms with van der Waals surface area (Å²) in [7, 11) is 4.15. The minimum atomic E-state index is -0.860. The van der Waals surface area contributed by atoms with Crippen molar-refractivity contribution in [1.82, 2.24) is 5.06 Å². The lowest BCUT2D eigenvalue weighted by atomic mass is 10.3. The summed E-state index contributed by atoms with van der Waals surface area (Å²) in [5, 5.41) is 4.19. The van der Waals surface area contributed by atoms with Gasteiger partial charge in [0.15, 0.2) is 5.58 Å². The predicted octanol–water partition coefficient (Wildman–Crippen LogP) is 2.88. The van der Waals surface area contributed by atoms with E-state index in [4.69, 9.17) is 14.3 Å². The highest BCUT2D eigenvalue weighted by molar-refractivity contribution is 7.87. The molecule has 1 aliphatic heterocycles. The average Bonchev–Trinajstić information content (AvgIpc) is 2.69. The van der Waals surface area contributed by atoms with E-state index in [9.17, 15) is 0 Å². The third kappa shape index (κ3) is 3.84. The van der Waals surface area contributed by atoms with Gasteiger partial charge >= 0.3 is 0 Å². The van der Waals surface area contributed by atoms with Crippen LogP contribution in [-0.2, 0) is 4.84 Å². The van der Waals surface area contributed by atoms with E-state index in [-0.39, 0.29) is 0 Å². The van der Waals surface area contributed by atoms with Crippen molar-refractivity contribution < 1.29 is 14.3 Å². The molecule has 0 saturated carbocycles. The molecule has 0 spiro atoms. The van der Waals surface area contributed by atoms with Gasteiger partial charge < -0.3 is 9.47 Å². The zero-order chi connectivity index (χ0) is 17.6. The van der Waals surface area contributed by atoms with E-state index in [0.29, 0.717) is 6.54 Å². The quantitative estimate of drug-likeness (QED) is 0.747. The summed E-state index contributed by atoms with van der Waals surface area (Å²) in [5.74, 6) is 1.67. The fourth-order valence-electron chi connectivity index (χ4n) is 2.58. The lowest BCUT2D eigenvalue weighted by molar-refractivity contribution is -0.0531. The Morgan fingerprint density at radius 2 is 1.36 bits per heavy atom. The Hall–Kier alpha value is -2.36. The maximum Gasteiger partial charge on any atom is 0.160 e. The smallest absolute Gasteiger partial charge is 0.160 e. The Morgan fingerprint density at radius 1 is 0.840 bits per heavy atom. The summed E-state index contributed by atoms with van der Waals surface area (Å²) in [4.78, 5) is 10.2. The average molecular weight is 356 g/mol. The summed E-state index contributed by atoms with van der Waals surface area (Å²) >= 11 is 0. The zero-order valence-corrected chi connectivity index (χ0v) is 15.4. The molecule has 25 heavy (non-hydrogen) atoms. The lowest BCUT2D eigenvalue weighted by Crippen LogP contribution is -2.35. The second-order valence-electron chi connectivity index (χ2n) is 5.29. The molecule has 0 aliphatic carbocycles. The first-order valence-electron chi connectivity index (χ1n) is 7.89. The normalized spacial score (nSPS) is 13.8. The van der Waals surface area contributed by atoms with Crippen LogP contribution in [0.2, 0.25) is 0 Å². The van der Waals surface area contributed by atoms with Crippen molar-refractivity contribution in [3.8, 4) is 11.5 Å². The second kappa shape index (κ2) is 8.15. The fourth-order valence-corrected chi connectivity index (χ4v) is 4.80. The molecule has 0 aromatic heterocycles. The molecule has 2 aromatic carbocycles. The minimum Gasteiger partial charge on any atom is -0.497 e. The molecule has 0 amide bonds. The minimum absolute atomic E-state index is 0.681. The van der Waals surface area contributed by atoms with Crippen LogP contribution in [0, 0.1) is 0 Å². The molecule has 5 nitrogen and oxygen atoms in total. The van der Waals surface area contributed by atoms with E-state index in [1.807, 2.05) is 41.6 Å². The lowest BCUT2D eigenvalue weighted by Gasteiger charge is -2.30. The molecule has 0 bridgehead atoms. The van der Waals surface area contributed by atoms with Gasteiger partial charge in [-0.25, -0.2) is 10.1 Å². The van der Waals surface area contributed by atoms with Gasteiger partial charge in [-0.3, -0.25) is 4.84 Å². The molecule has 0 radical (unpaired) electrons. The summed E-state index contributed by atoms with van der Waals surface area (Å²) in [6.45, 7) is 0.681. The number of amidine groups is 1. The van der Waals surface area contributed by atoms with Crippen LogP contribution in [0.4, 0.5) is 0 Å². The standard InChI is InChI=1S/C19H21N2O3P/c1-22-15-5-9-17(10-6-15)25(18-11-7-16(23-2)8-12-18)19-20-13-4-14-21(19)24-3/h4-13H,14H2,1-3H3. The summed E-state index contributed by atoms with van der Waals surface area (Å²) in [6.07, 6.45) is 3.82. The molecule has 0 N–H and O–H groups in total. The van der Waals surface area contributed by atoms with E-state index in [1.54, 1.807) is 21.3 Å². The maximum absolute atomic E-state index is 5.54. The molecule has 1 heterocycles. The molecule has 0 atom stereocenters. The zero-order valence-electron chi connectivity index (χ0n) is 14.5. The van der Waals surface area contributed by atoms with Gasteiger partial charge in [-0.15, -0.1) is 0 Å². The third-order valence-electron chi connectivity index (χ3n) is 3.87. The SMILES string of the molecule is COc1ccc(P(C2=NC=CCN2OC)c2ccc(OC)cc2)cc1. The van der Waals surface area contributed by atoms with E-state index < -0.39 is 7.92 Å². The molecular weight excluding hydrogens is 335 g/mol. The molecule has 130 valence electrons. The number of ether oxygens (including phenoxy) is 2. The van der Waals surface area contributed by atoms with Crippen LogP contribution in [0.25, 0.3) is 0 Å². The van der Waals surface area contributed by atoms with E-state index in [1.165, 1.54) is 10.6 Å². The van der Waals surface area contributed by atoms with E-state index in [2.05, 4.69) is 29.3 Å². The summed E-state index contributed by atoms with van der Waals surface area (Å²) in [6, 6.07) is 16.3. The van der Waals surface area contributed by atoms with Crippen LogP contribution in [0.1, 0.15) is 0 Å². The van der Waals surface area contributed by atoms with Crippen LogP contribution in [-0.4, -0.2) is 38.5 Å². The van der Waals surface area contributed by atoms with Gasteiger partial charge in [0.05, 0.1) is 27.9 Å². The van der Waals surface area contributed by atoms with Crippen LogP contribution in [0.3, 0.4) is 0 Å². The van der Waals surface area contributed by atoms with Crippen molar-refractivity contribution in [3.05, 3.63) is 60.8 Å². The number of methoxy groups -OCH3 is 2. The van der Waals surface area contributed by atoms with Gasteiger partial charge in [-0.05, 0) is 41.0 Å². The van der Waals surface area contributed by atoms with Crippen LogP contribution < -0.4 is 20.1 Å². The number of nitrogens with zero attached hydrogens (tertiary/aromatic N) is 2. The number of aliphatic imine (C=N–C) groups is 1. The fraction of sp³-hybridized carbons (Fsp3) is 0.211. The first kappa shape index (κ1) is 17.5. The van der Waals surface area contributed by atoms with Crippen molar-refractivity contribution in [1.29, 1.82) is 0 Å². The van der Waals surface area contributed by atoms with Crippen LogP contribution in [0.15, 0.2) is 65.8 Å². The molecule has 0 saturated heterocycles. The monoisotopic (exact) mass is 356 g/mol. The van der Waals surface area contributed by atoms with Crippen molar-refractivity contribution in [2.75, 3.05) is 27.9 Å². The molecule has 0 unspecified atom stereocenters. The Morgan fingerprint density at radius 3 is 1.80 bits per heavy atom. The number of hydroxylamine groups is 2. The molecule has 1 aliphatic rings. The van der Waals surface area contributed by atoms with Gasteiger partial charge in [0.2, 0.25) is 0 Å². The van der Waals surface area contributed by atoms with E-state index in [0.717, 1.165) is 17.1 Å². The van der Waals surface area contributed by atoms with Crippen molar-refractivity contribution in [3.63, 3.8) is 0 Å². The summed E-state index contributed by atoms with van der Waals surface area (Å²) < 4.78 is 10.6. The number of benzene rings is 2. The molecule has 3 rings (SSSR count). The summed E-state index contributed by atoms with van der Waals surface area (Å²) in [5.41, 5.74) is 0.912. The van der Waals surface area contributed by atoms with Gasteiger partial charge in [0.1, 0.15) is 11.5 Å². The topological polar surface area (TPSA) is 43.3 Å². The molecule has 2 aromatic rings. The molecular formula is C19H21N2O3P. The Balaban J connectivity index is 2.06. The van der Waals surface area contributed by atoms with E-state index >= 15 is 0 Å². The third-order valence-corrected chi connectivity index (χ3v) is 6.24. The Bertz CT molecular complexity index is 710. The first-order chi connectivity index (χ1) is 12.3. The van der Waals surface area contributed by atoms with Gasteiger partial charge in [-0.1, -0.05) is 24.3 Å². The molecule has 6 heteroatoms. The van der Waals surface area contributed by atoms with Crippen molar-refractivity contribution in [2.45, 2.75) is 0 Å². The number of hydrogen-bond acceptors (Lipinski definition) is 5. The van der Waals surface area contributed by atoms with Gasteiger partial charge in [0.25, 0.3) is 0 Å². The van der Waals surface area contributed by atoms with Crippen molar-refractivity contribution >= 4 is 24.1 Å². The maximum atomic E-state index is 5.54. The Kier molecular flexibility index (Phi) is 5.69. The van der Waals surface area contributed by atoms with Crippen LogP contribution >= 0.6 is 7.92 Å². The number of rotatable bonds is 6. The van der Waals surface area contributed by atoms with Gasteiger partial charge in [-0.2, -0.15) is 0 Å². The van der Waals surface area contributed by atoms with Crippen molar-refractivity contribution in [2.24, 2.45) is 4.99 Å². The predicted molar refractivity (Wildman–Crippen MR) is 102 cm³/mol.